The molecule has 0 unspecified atom stereocenters. The number of para-hydroxylation sites is 2. The third-order valence-electron chi connectivity index (χ3n) is 5.79. The van der Waals surface area contributed by atoms with Gasteiger partial charge in [-0.3, -0.25) is 0 Å². The number of hydrogen-bond acceptors (Lipinski definition) is 4. The van der Waals surface area contributed by atoms with E-state index in [0.717, 1.165) is 39.9 Å². The number of hydrogen-bond donors (Lipinski definition) is 0. The van der Waals surface area contributed by atoms with E-state index in [1.165, 1.54) is 0 Å². The molecule has 0 atom stereocenters. The van der Waals surface area contributed by atoms with Crippen LogP contribution in [0, 0.1) is 0 Å². The smallest absolute Gasteiger partial charge is 0.341 e. The number of fused-ring (bicyclic) bond motifs is 6. The van der Waals surface area contributed by atoms with E-state index in [4.69, 9.17) is 9.47 Å². The maximum atomic E-state index is 13.1. The number of nitrogens with zero attached hydrogens (tertiary/aromatic N) is 1. The lowest BCUT2D eigenvalue weighted by Crippen LogP contribution is -2.33. The van der Waals surface area contributed by atoms with Crippen LogP contribution < -0.4 is 9.64 Å². The van der Waals surface area contributed by atoms with Gasteiger partial charge in [0, 0.05) is 39.9 Å². The standard InChI is InChI=1S/C24H20BrNO3/c1-3-26(4-2)15-13-18-22(19(25)14-15)23(27)29-24(18)16-9-5-7-11-20(16)28-21-12-8-6-10-17(21)24/h5-14H,3-4H2,1-2H3. The Morgan fingerprint density at radius 3 is 2.07 bits per heavy atom. The second-order valence-corrected chi connectivity index (χ2v) is 8.04. The number of anilines is 1. The number of carbonyl (C=O) groups is 1. The van der Waals surface area contributed by atoms with Crippen molar-refractivity contribution in [2.45, 2.75) is 19.4 Å². The van der Waals surface area contributed by atoms with Gasteiger partial charge in [-0.2, -0.15) is 0 Å². The Morgan fingerprint density at radius 1 is 0.897 bits per heavy atom. The first-order valence-corrected chi connectivity index (χ1v) is 10.6. The predicted octanol–water partition coefficient (Wildman–Crippen LogP) is 5.86. The Labute approximate surface area is 178 Å². The van der Waals surface area contributed by atoms with Crippen molar-refractivity contribution in [3.05, 3.63) is 87.4 Å². The number of benzene rings is 3. The molecule has 2 aliphatic rings. The molecule has 3 aromatic rings. The molecule has 2 heterocycles. The van der Waals surface area contributed by atoms with Gasteiger partial charge in [-0.15, -0.1) is 0 Å². The van der Waals surface area contributed by atoms with Crippen molar-refractivity contribution in [1.82, 2.24) is 0 Å². The number of esters is 1. The summed E-state index contributed by atoms with van der Waals surface area (Å²) in [5.74, 6) is 1.08. The Kier molecular flexibility index (Phi) is 4.17. The summed E-state index contributed by atoms with van der Waals surface area (Å²) >= 11 is 3.64. The third-order valence-corrected chi connectivity index (χ3v) is 6.41. The fourth-order valence-electron chi connectivity index (χ4n) is 4.45. The molecular formula is C24H20BrNO3. The van der Waals surface area contributed by atoms with Crippen molar-refractivity contribution in [1.29, 1.82) is 0 Å². The Balaban J connectivity index is 1.87. The summed E-state index contributed by atoms with van der Waals surface area (Å²) in [6.45, 7) is 6.00. The van der Waals surface area contributed by atoms with Crippen molar-refractivity contribution in [2.75, 3.05) is 18.0 Å². The van der Waals surface area contributed by atoms with Crippen LogP contribution in [0.25, 0.3) is 0 Å². The maximum absolute atomic E-state index is 13.1. The van der Waals surface area contributed by atoms with Gasteiger partial charge in [0.1, 0.15) is 11.5 Å². The highest BCUT2D eigenvalue weighted by Gasteiger charge is 2.54. The van der Waals surface area contributed by atoms with Gasteiger partial charge in [0.05, 0.1) is 5.56 Å². The van der Waals surface area contributed by atoms with Crippen molar-refractivity contribution in [3.8, 4) is 11.5 Å². The molecule has 0 aromatic heterocycles. The van der Waals surface area contributed by atoms with Crippen LogP contribution in [0.15, 0.2) is 65.1 Å². The van der Waals surface area contributed by atoms with Crippen LogP contribution in [0.3, 0.4) is 0 Å². The van der Waals surface area contributed by atoms with Gasteiger partial charge in [-0.05, 0) is 54.0 Å². The molecule has 5 heteroatoms. The van der Waals surface area contributed by atoms with Gasteiger partial charge in [0.25, 0.3) is 0 Å². The zero-order valence-electron chi connectivity index (χ0n) is 16.2. The van der Waals surface area contributed by atoms with Crippen molar-refractivity contribution >= 4 is 27.6 Å². The van der Waals surface area contributed by atoms with Crippen molar-refractivity contribution in [3.63, 3.8) is 0 Å². The Hall–Kier alpha value is -2.79. The van der Waals surface area contributed by atoms with Crippen LogP contribution in [0.2, 0.25) is 0 Å². The molecule has 5 rings (SSSR count). The van der Waals surface area contributed by atoms with Gasteiger partial charge in [-0.25, -0.2) is 4.79 Å². The zero-order chi connectivity index (χ0) is 20.2. The molecular weight excluding hydrogens is 430 g/mol. The lowest BCUT2D eigenvalue weighted by Gasteiger charge is -2.36. The zero-order valence-corrected chi connectivity index (χ0v) is 17.8. The highest BCUT2D eigenvalue weighted by atomic mass is 79.9. The first kappa shape index (κ1) is 18.3. The number of rotatable bonds is 3. The molecule has 0 fully saturated rings. The quantitative estimate of drug-likeness (QED) is 0.469. The number of ether oxygens (including phenoxy) is 2. The number of carbonyl (C=O) groups excluding carboxylic acids is 1. The first-order valence-electron chi connectivity index (χ1n) is 9.79. The lowest BCUT2D eigenvalue weighted by molar-refractivity contribution is 0.0224. The van der Waals surface area contributed by atoms with Crippen LogP contribution in [-0.2, 0) is 10.3 Å². The lowest BCUT2D eigenvalue weighted by atomic mass is 9.77. The fraction of sp³-hybridized carbons (Fsp3) is 0.208. The SMILES string of the molecule is CCN(CC)c1cc(Br)c2c(c1)C1(OC2=O)c2ccccc2Oc2ccccc21. The molecule has 3 aromatic carbocycles. The molecule has 0 bridgehead atoms. The summed E-state index contributed by atoms with van der Waals surface area (Å²) in [6.07, 6.45) is 0. The van der Waals surface area contributed by atoms with Gasteiger partial charge >= 0.3 is 5.97 Å². The summed E-state index contributed by atoms with van der Waals surface area (Å²) in [7, 11) is 0. The maximum Gasteiger partial charge on any atom is 0.341 e. The van der Waals surface area contributed by atoms with Crippen LogP contribution in [0.4, 0.5) is 5.69 Å². The van der Waals surface area contributed by atoms with Gasteiger partial charge in [-0.1, -0.05) is 36.4 Å². The second-order valence-electron chi connectivity index (χ2n) is 7.19. The molecule has 146 valence electrons. The van der Waals surface area contributed by atoms with Crippen LogP contribution >= 0.6 is 15.9 Å². The monoisotopic (exact) mass is 449 g/mol. The molecule has 2 aliphatic heterocycles. The van der Waals surface area contributed by atoms with Gasteiger partial charge in [0.15, 0.2) is 5.60 Å². The highest BCUT2D eigenvalue weighted by molar-refractivity contribution is 9.10. The largest absolute Gasteiger partial charge is 0.456 e. The van der Waals surface area contributed by atoms with Crippen LogP contribution in [-0.4, -0.2) is 19.1 Å². The average Bonchev–Trinajstić information content (AvgIpc) is 3.03. The van der Waals surface area contributed by atoms with E-state index >= 15 is 0 Å². The molecule has 0 amide bonds. The normalized spacial score (nSPS) is 15.2. The van der Waals surface area contributed by atoms with E-state index in [-0.39, 0.29) is 5.97 Å². The van der Waals surface area contributed by atoms with Gasteiger partial charge < -0.3 is 14.4 Å². The Bertz CT molecular complexity index is 1090. The highest BCUT2D eigenvalue weighted by Crippen LogP contribution is 2.57. The third kappa shape index (κ3) is 2.47. The summed E-state index contributed by atoms with van der Waals surface area (Å²) in [5.41, 5.74) is 3.14. The van der Waals surface area contributed by atoms with E-state index < -0.39 is 5.60 Å². The predicted molar refractivity (Wildman–Crippen MR) is 116 cm³/mol. The van der Waals surface area contributed by atoms with E-state index in [2.05, 4.69) is 40.7 Å². The summed E-state index contributed by atoms with van der Waals surface area (Å²) in [6, 6.07) is 19.7. The van der Waals surface area contributed by atoms with E-state index in [1.54, 1.807) is 0 Å². The molecule has 0 aliphatic carbocycles. The van der Waals surface area contributed by atoms with Crippen molar-refractivity contribution in [2.24, 2.45) is 0 Å². The minimum atomic E-state index is -1.02. The molecule has 0 saturated heterocycles. The number of halogens is 1. The second kappa shape index (κ2) is 6.63. The summed E-state index contributed by atoms with van der Waals surface area (Å²) in [4.78, 5) is 15.4. The molecule has 0 radical (unpaired) electrons. The first-order chi connectivity index (χ1) is 14.1. The van der Waals surface area contributed by atoms with Crippen LogP contribution in [0.5, 0.6) is 11.5 Å². The summed E-state index contributed by atoms with van der Waals surface area (Å²) < 4.78 is 13.1. The molecule has 0 N–H and O–H groups in total. The molecule has 1 spiro atoms. The van der Waals surface area contributed by atoms with E-state index in [0.29, 0.717) is 17.1 Å². The fourth-order valence-corrected chi connectivity index (χ4v) is 5.06. The van der Waals surface area contributed by atoms with Gasteiger partial charge in [0.2, 0.25) is 0 Å². The minimum absolute atomic E-state index is 0.329. The molecule has 4 nitrogen and oxygen atoms in total. The van der Waals surface area contributed by atoms with Crippen LogP contribution in [0.1, 0.15) is 40.9 Å². The topological polar surface area (TPSA) is 38.8 Å². The summed E-state index contributed by atoms with van der Waals surface area (Å²) in [5, 5.41) is 0. The molecule has 29 heavy (non-hydrogen) atoms. The minimum Gasteiger partial charge on any atom is -0.456 e. The molecule has 0 saturated carbocycles. The average molecular weight is 450 g/mol. The van der Waals surface area contributed by atoms with E-state index in [1.807, 2.05) is 54.6 Å². The van der Waals surface area contributed by atoms with Crippen molar-refractivity contribution < 1.29 is 14.3 Å². The van der Waals surface area contributed by atoms with E-state index in [9.17, 15) is 4.79 Å². The Morgan fingerprint density at radius 2 is 1.48 bits per heavy atom.